The Morgan fingerprint density at radius 3 is 2.48 bits per heavy atom. The van der Waals surface area contributed by atoms with E-state index in [4.69, 9.17) is 9.47 Å². The molecule has 4 aliphatic carbocycles. The van der Waals surface area contributed by atoms with Crippen LogP contribution in [-0.4, -0.2) is 61.0 Å². The van der Waals surface area contributed by atoms with E-state index < -0.39 is 0 Å². The third kappa shape index (κ3) is 8.27. The van der Waals surface area contributed by atoms with E-state index in [9.17, 15) is 19.2 Å². The minimum absolute atomic E-state index is 0.0368. The number of esters is 1. The second-order valence-corrected chi connectivity index (χ2v) is 16.6. The predicted octanol–water partition coefficient (Wildman–Crippen LogP) is 7.17. The summed E-state index contributed by atoms with van der Waals surface area (Å²) in [5.41, 5.74) is 2.22. The van der Waals surface area contributed by atoms with E-state index in [1.54, 1.807) is 5.57 Å². The highest BCUT2D eigenvalue weighted by Crippen LogP contribution is 2.67. The molecule has 268 valence electrons. The summed E-state index contributed by atoms with van der Waals surface area (Å²) < 4.78 is 11.7. The Hall–Kier alpha value is -2.48. The lowest BCUT2D eigenvalue weighted by Crippen LogP contribution is -2.51. The van der Waals surface area contributed by atoms with Crippen molar-refractivity contribution < 1.29 is 28.7 Å². The van der Waals surface area contributed by atoms with Gasteiger partial charge >= 0.3 is 5.97 Å². The molecule has 48 heavy (non-hydrogen) atoms. The van der Waals surface area contributed by atoms with Crippen LogP contribution < -0.4 is 5.32 Å². The van der Waals surface area contributed by atoms with Gasteiger partial charge in [-0.25, -0.2) is 0 Å². The van der Waals surface area contributed by atoms with E-state index in [0.29, 0.717) is 30.9 Å². The van der Waals surface area contributed by atoms with Crippen molar-refractivity contribution in [3.05, 3.63) is 23.8 Å². The van der Waals surface area contributed by atoms with Crippen LogP contribution in [0.4, 0.5) is 0 Å². The molecule has 0 saturated heterocycles. The van der Waals surface area contributed by atoms with Crippen LogP contribution in [0.2, 0.25) is 0 Å². The molecular weight excluding hydrogens is 604 g/mol. The lowest BCUT2D eigenvalue weighted by atomic mass is 9.47. The molecule has 8 nitrogen and oxygen atoms in total. The van der Waals surface area contributed by atoms with Gasteiger partial charge in [0.25, 0.3) is 11.8 Å². The molecule has 0 aromatic heterocycles. The van der Waals surface area contributed by atoms with Gasteiger partial charge in [0.05, 0.1) is 19.6 Å². The van der Waals surface area contributed by atoms with E-state index >= 15 is 0 Å². The molecular formula is C40H62N2O6. The normalized spacial score (nSPS) is 33.2. The second kappa shape index (κ2) is 16.0. The predicted molar refractivity (Wildman–Crippen MR) is 186 cm³/mol. The Morgan fingerprint density at radius 1 is 0.958 bits per heavy atom. The molecule has 3 saturated carbocycles. The number of fused-ring (bicyclic) bond motifs is 5. The molecule has 1 heterocycles. The number of imide groups is 1. The number of nitrogens with zero attached hydrogens (tertiary/aromatic N) is 1. The highest BCUT2D eigenvalue weighted by atomic mass is 16.5. The minimum Gasteiger partial charge on any atom is -0.462 e. The number of allylic oxidation sites excluding steroid dienone is 2. The van der Waals surface area contributed by atoms with E-state index in [1.807, 2.05) is 0 Å². The number of rotatable bonds is 16. The van der Waals surface area contributed by atoms with Gasteiger partial charge in [0.2, 0.25) is 5.91 Å². The number of hydrogen-bond acceptors (Lipinski definition) is 6. The third-order valence-corrected chi connectivity index (χ3v) is 13.2. The molecule has 1 N–H and O–H groups in total. The number of hydrogen-bond donors (Lipinski definition) is 1. The first-order valence-corrected chi connectivity index (χ1v) is 19.2. The zero-order valence-electron chi connectivity index (χ0n) is 30.4. The summed E-state index contributed by atoms with van der Waals surface area (Å²) in [5, 5.41) is 2.78. The van der Waals surface area contributed by atoms with Crippen LogP contribution in [-0.2, 0) is 28.7 Å². The SMILES string of the molecule is CC(C)CCCC(C)C1CCC2C3CC=C4CCC(OC(=O)CCOCCNC(=O)CCCN5C(=O)C=CC5=O)CC4(C)C3CCC12C. The summed E-state index contributed by atoms with van der Waals surface area (Å²) in [5.74, 6) is 3.71. The quantitative estimate of drug-likeness (QED) is 0.0812. The minimum atomic E-state index is -0.333. The van der Waals surface area contributed by atoms with E-state index in [1.165, 1.54) is 63.5 Å². The van der Waals surface area contributed by atoms with Crippen molar-refractivity contribution in [1.82, 2.24) is 10.2 Å². The number of amides is 3. The summed E-state index contributed by atoms with van der Waals surface area (Å²) in [6, 6.07) is 0. The Balaban J connectivity index is 1.01. The first kappa shape index (κ1) is 36.8. The van der Waals surface area contributed by atoms with Gasteiger partial charge in [-0.15, -0.1) is 0 Å². The van der Waals surface area contributed by atoms with Gasteiger partial charge in [-0.05, 0) is 104 Å². The maximum Gasteiger partial charge on any atom is 0.308 e. The highest BCUT2D eigenvalue weighted by molar-refractivity contribution is 6.12. The average Bonchev–Trinajstić information content (AvgIpc) is 3.56. The first-order valence-electron chi connectivity index (χ1n) is 19.2. The lowest BCUT2D eigenvalue weighted by molar-refractivity contribution is -0.155. The zero-order valence-corrected chi connectivity index (χ0v) is 30.4. The molecule has 8 unspecified atom stereocenters. The van der Waals surface area contributed by atoms with E-state index in [2.05, 4.69) is 46.0 Å². The largest absolute Gasteiger partial charge is 0.462 e. The maximum atomic E-state index is 12.8. The van der Waals surface area contributed by atoms with Crippen molar-refractivity contribution in [2.75, 3.05) is 26.3 Å². The Kier molecular flexibility index (Phi) is 12.3. The number of carbonyl (C=O) groups excluding carboxylic acids is 4. The highest BCUT2D eigenvalue weighted by Gasteiger charge is 2.59. The van der Waals surface area contributed by atoms with Crippen LogP contribution in [0.25, 0.3) is 0 Å². The van der Waals surface area contributed by atoms with Gasteiger partial charge in [-0.2, -0.15) is 0 Å². The fourth-order valence-corrected chi connectivity index (χ4v) is 10.7. The molecule has 3 fully saturated rings. The first-order chi connectivity index (χ1) is 22.9. The van der Waals surface area contributed by atoms with Crippen LogP contribution in [0.3, 0.4) is 0 Å². The van der Waals surface area contributed by atoms with Crippen LogP contribution in [0.5, 0.6) is 0 Å². The summed E-state index contributed by atoms with van der Waals surface area (Å²) in [4.78, 5) is 49.2. The summed E-state index contributed by atoms with van der Waals surface area (Å²) >= 11 is 0. The van der Waals surface area contributed by atoms with Crippen molar-refractivity contribution >= 4 is 23.7 Å². The van der Waals surface area contributed by atoms with Gasteiger partial charge in [0.15, 0.2) is 0 Å². The van der Waals surface area contributed by atoms with Crippen LogP contribution in [0.1, 0.15) is 125 Å². The fourth-order valence-electron chi connectivity index (χ4n) is 10.7. The number of nitrogens with one attached hydrogen (secondary N) is 1. The molecule has 8 heteroatoms. The van der Waals surface area contributed by atoms with Gasteiger partial charge < -0.3 is 14.8 Å². The van der Waals surface area contributed by atoms with Crippen molar-refractivity contribution in [3.8, 4) is 0 Å². The molecule has 0 spiro atoms. The van der Waals surface area contributed by atoms with Crippen molar-refractivity contribution in [3.63, 3.8) is 0 Å². The van der Waals surface area contributed by atoms with Gasteiger partial charge in [-0.3, -0.25) is 24.1 Å². The van der Waals surface area contributed by atoms with Crippen molar-refractivity contribution in [1.29, 1.82) is 0 Å². The van der Waals surface area contributed by atoms with E-state index in [-0.39, 0.29) is 61.2 Å². The fraction of sp³-hybridized carbons (Fsp3) is 0.800. The molecule has 3 amide bonds. The number of carbonyl (C=O) groups is 4. The third-order valence-electron chi connectivity index (χ3n) is 13.2. The van der Waals surface area contributed by atoms with Gasteiger partial charge in [-0.1, -0.05) is 65.5 Å². The van der Waals surface area contributed by atoms with Crippen molar-refractivity contribution in [2.24, 2.45) is 46.3 Å². The standard InChI is InChI=1S/C40H62N2O6/c1-27(2)8-6-9-28(3)32-15-16-33-31-14-12-29-11-13-30(26-40(29,5)34(31)19-21-39(32,33)4)48-38(46)20-24-47-25-22-41-35(43)10-7-23-42-36(44)17-18-37(42)45/h12,17-18,27-28,30-34H,6-11,13-16,19-26H2,1-5H3,(H,41,43). The lowest BCUT2D eigenvalue weighted by Gasteiger charge is -2.58. The topological polar surface area (TPSA) is 102 Å². The molecule has 0 bridgehead atoms. The van der Waals surface area contributed by atoms with Crippen LogP contribution in [0.15, 0.2) is 23.8 Å². The van der Waals surface area contributed by atoms with E-state index in [0.717, 1.165) is 53.8 Å². The smallest absolute Gasteiger partial charge is 0.308 e. The maximum absolute atomic E-state index is 12.8. The Labute approximate surface area is 289 Å². The second-order valence-electron chi connectivity index (χ2n) is 16.6. The summed E-state index contributed by atoms with van der Waals surface area (Å²) in [6.45, 7) is 13.5. The van der Waals surface area contributed by atoms with Gasteiger partial charge in [0.1, 0.15) is 6.10 Å². The summed E-state index contributed by atoms with van der Waals surface area (Å²) in [7, 11) is 0. The molecule has 5 rings (SSSR count). The Bertz CT molecular complexity index is 1220. The van der Waals surface area contributed by atoms with Crippen molar-refractivity contribution in [2.45, 2.75) is 131 Å². The van der Waals surface area contributed by atoms with Crippen LogP contribution in [0, 0.1) is 46.3 Å². The molecule has 1 aliphatic heterocycles. The number of ether oxygens (including phenoxy) is 2. The van der Waals surface area contributed by atoms with Gasteiger partial charge in [0, 0.05) is 31.7 Å². The Morgan fingerprint density at radius 2 is 1.73 bits per heavy atom. The zero-order chi connectivity index (χ0) is 34.5. The van der Waals surface area contributed by atoms with Crippen LogP contribution >= 0.6 is 0 Å². The molecule has 0 aromatic rings. The summed E-state index contributed by atoms with van der Waals surface area (Å²) in [6.07, 6.45) is 19.6. The molecule has 0 aromatic carbocycles. The molecule has 8 atom stereocenters. The molecule has 0 radical (unpaired) electrons. The average molecular weight is 667 g/mol. The monoisotopic (exact) mass is 666 g/mol. The molecule has 5 aliphatic rings.